The molecule has 1 amide bonds. The Hall–Kier alpha value is -2.10. The van der Waals surface area contributed by atoms with Crippen molar-refractivity contribution in [1.29, 1.82) is 0 Å². The number of nitrogens with one attached hydrogen (secondary N) is 1. The Kier molecular flexibility index (Phi) is 5.47. The second kappa shape index (κ2) is 7.20. The molecule has 4 heteroatoms. The van der Waals surface area contributed by atoms with Crippen LogP contribution in [0.4, 0.5) is 5.69 Å². The van der Waals surface area contributed by atoms with Gasteiger partial charge in [0.15, 0.2) is 11.4 Å². The molecule has 0 aromatic heterocycles. The van der Waals surface area contributed by atoms with Crippen molar-refractivity contribution in [2.24, 2.45) is 0 Å². The lowest BCUT2D eigenvalue weighted by Gasteiger charge is -2.37. The molecule has 1 aliphatic heterocycles. The Bertz CT molecular complexity index is 690. The highest BCUT2D eigenvalue weighted by molar-refractivity contribution is 6.05. The summed E-state index contributed by atoms with van der Waals surface area (Å²) in [6.07, 6.45) is 2.42. The van der Waals surface area contributed by atoms with E-state index in [9.17, 15) is 9.59 Å². The highest BCUT2D eigenvalue weighted by Crippen LogP contribution is 2.35. The molecule has 1 atom stereocenters. The van der Waals surface area contributed by atoms with Crippen LogP contribution in [0, 0.1) is 13.8 Å². The van der Waals surface area contributed by atoms with Crippen molar-refractivity contribution >= 4 is 17.4 Å². The minimum Gasteiger partial charge on any atom is -0.481 e. The predicted octanol–water partition coefficient (Wildman–Crippen LogP) is 4.45. The van der Waals surface area contributed by atoms with Crippen molar-refractivity contribution in [3.05, 3.63) is 40.7 Å². The second-order valence-corrected chi connectivity index (χ2v) is 6.68. The van der Waals surface area contributed by atoms with Gasteiger partial charge in [-0.05, 0) is 57.7 Å². The number of aryl methyl sites for hydroxylation is 1. The predicted molar refractivity (Wildman–Crippen MR) is 95.9 cm³/mol. The first kappa shape index (κ1) is 18.2. The van der Waals surface area contributed by atoms with Gasteiger partial charge in [-0.15, -0.1) is 0 Å². The van der Waals surface area contributed by atoms with E-state index in [4.69, 9.17) is 4.74 Å². The SMILES string of the molecule is CCCCC1(C(=O)Nc2cccc(C)c2C)CC(=O)C(C)=C(C)O1. The molecule has 1 aromatic rings. The first-order valence-corrected chi connectivity index (χ1v) is 8.58. The van der Waals surface area contributed by atoms with E-state index in [0.717, 1.165) is 29.7 Å². The molecule has 4 nitrogen and oxygen atoms in total. The fourth-order valence-corrected chi connectivity index (χ4v) is 2.96. The van der Waals surface area contributed by atoms with Gasteiger partial charge in [0.25, 0.3) is 5.91 Å². The highest BCUT2D eigenvalue weighted by Gasteiger charge is 2.45. The second-order valence-electron chi connectivity index (χ2n) is 6.68. The van der Waals surface area contributed by atoms with Gasteiger partial charge >= 0.3 is 0 Å². The van der Waals surface area contributed by atoms with Crippen LogP contribution in [-0.2, 0) is 14.3 Å². The minimum absolute atomic E-state index is 0.00836. The van der Waals surface area contributed by atoms with Crippen LogP contribution in [0.25, 0.3) is 0 Å². The van der Waals surface area contributed by atoms with Crippen molar-refractivity contribution in [2.75, 3.05) is 5.32 Å². The lowest BCUT2D eigenvalue weighted by molar-refractivity contribution is -0.145. The van der Waals surface area contributed by atoms with Gasteiger partial charge in [-0.25, -0.2) is 0 Å². The molecule has 130 valence electrons. The molecule has 1 aromatic carbocycles. The molecule has 0 radical (unpaired) electrons. The Morgan fingerprint density at radius 3 is 2.58 bits per heavy atom. The number of ketones is 1. The maximum atomic E-state index is 13.0. The summed E-state index contributed by atoms with van der Waals surface area (Å²) in [6, 6.07) is 5.81. The fourth-order valence-electron chi connectivity index (χ4n) is 2.96. The molecular formula is C20H27NO3. The fraction of sp³-hybridized carbons (Fsp3) is 0.500. The maximum absolute atomic E-state index is 13.0. The van der Waals surface area contributed by atoms with Crippen LogP contribution in [0.2, 0.25) is 0 Å². The van der Waals surface area contributed by atoms with Crippen LogP contribution in [0.15, 0.2) is 29.5 Å². The standard InChI is InChI=1S/C20H27NO3/c1-6-7-11-20(12-18(22)15(4)16(5)24-20)19(23)21-17-10-8-9-13(2)14(17)3/h8-10H,6-7,11-12H2,1-5H3,(H,21,23). The smallest absolute Gasteiger partial charge is 0.269 e. The molecule has 1 N–H and O–H groups in total. The number of carbonyl (C=O) groups excluding carboxylic acids is 2. The van der Waals surface area contributed by atoms with Crippen LogP contribution in [-0.4, -0.2) is 17.3 Å². The van der Waals surface area contributed by atoms with Crippen molar-refractivity contribution in [3.8, 4) is 0 Å². The highest BCUT2D eigenvalue weighted by atomic mass is 16.5. The normalized spacial score (nSPS) is 20.8. The van der Waals surface area contributed by atoms with E-state index < -0.39 is 5.60 Å². The number of hydrogen-bond donors (Lipinski definition) is 1. The number of anilines is 1. The first-order valence-electron chi connectivity index (χ1n) is 8.58. The summed E-state index contributed by atoms with van der Waals surface area (Å²) >= 11 is 0. The third-order valence-corrected chi connectivity index (χ3v) is 4.94. The number of benzene rings is 1. The molecule has 24 heavy (non-hydrogen) atoms. The maximum Gasteiger partial charge on any atom is 0.269 e. The lowest BCUT2D eigenvalue weighted by atomic mass is 9.85. The average Bonchev–Trinajstić information content (AvgIpc) is 2.54. The molecule has 2 rings (SSSR count). The molecule has 0 fully saturated rings. The number of hydrogen-bond acceptors (Lipinski definition) is 3. The molecule has 1 unspecified atom stereocenters. The summed E-state index contributed by atoms with van der Waals surface area (Å²) in [4.78, 5) is 25.4. The van der Waals surface area contributed by atoms with Gasteiger partial charge in [0.1, 0.15) is 5.76 Å². The first-order chi connectivity index (χ1) is 11.3. The summed E-state index contributed by atoms with van der Waals surface area (Å²) in [5.74, 6) is 0.314. The van der Waals surface area contributed by atoms with Crippen LogP contribution >= 0.6 is 0 Å². The Labute approximate surface area is 144 Å². The van der Waals surface area contributed by atoms with Crippen molar-refractivity contribution in [3.63, 3.8) is 0 Å². The van der Waals surface area contributed by atoms with Crippen LogP contribution in [0.5, 0.6) is 0 Å². The molecule has 1 aliphatic rings. The van der Waals surface area contributed by atoms with Crippen molar-refractivity contribution in [1.82, 2.24) is 0 Å². The summed E-state index contributed by atoms with van der Waals surface area (Å²) in [6.45, 7) is 9.57. The topological polar surface area (TPSA) is 55.4 Å². The largest absolute Gasteiger partial charge is 0.481 e. The number of ether oxygens (including phenoxy) is 1. The van der Waals surface area contributed by atoms with Gasteiger partial charge in [-0.1, -0.05) is 25.5 Å². The van der Waals surface area contributed by atoms with E-state index in [1.165, 1.54) is 0 Å². The summed E-state index contributed by atoms with van der Waals surface area (Å²) in [5, 5.41) is 2.99. The number of carbonyl (C=O) groups is 2. The van der Waals surface area contributed by atoms with Crippen molar-refractivity contribution in [2.45, 2.75) is 65.9 Å². The molecule has 0 bridgehead atoms. The molecule has 0 aliphatic carbocycles. The third kappa shape index (κ3) is 3.53. The van der Waals surface area contributed by atoms with E-state index in [2.05, 4.69) is 12.2 Å². The quantitative estimate of drug-likeness (QED) is 0.868. The van der Waals surface area contributed by atoms with Crippen LogP contribution in [0.1, 0.15) is 57.6 Å². The van der Waals surface area contributed by atoms with Gasteiger partial charge in [-0.2, -0.15) is 0 Å². The summed E-state index contributed by atoms with van der Waals surface area (Å²) < 4.78 is 6.01. The van der Waals surface area contributed by atoms with E-state index in [1.54, 1.807) is 13.8 Å². The molecule has 0 saturated heterocycles. The monoisotopic (exact) mass is 329 g/mol. The zero-order chi connectivity index (χ0) is 17.9. The Morgan fingerprint density at radius 1 is 1.25 bits per heavy atom. The average molecular weight is 329 g/mol. The zero-order valence-corrected chi connectivity index (χ0v) is 15.3. The van der Waals surface area contributed by atoms with Gasteiger partial charge < -0.3 is 10.1 Å². The minimum atomic E-state index is -1.10. The third-order valence-electron chi connectivity index (χ3n) is 4.94. The van der Waals surface area contributed by atoms with Gasteiger partial charge in [0.05, 0.1) is 6.42 Å². The lowest BCUT2D eigenvalue weighted by Crippen LogP contribution is -2.49. The number of Topliss-reactive ketones (excluding diaryl/α,β-unsaturated/α-hetero) is 1. The summed E-state index contributed by atoms with van der Waals surface area (Å²) in [7, 11) is 0. The number of amides is 1. The van der Waals surface area contributed by atoms with Crippen molar-refractivity contribution < 1.29 is 14.3 Å². The van der Waals surface area contributed by atoms with E-state index in [-0.39, 0.29) is 18.1 Å². The number of unbranched alkanes of at least 4 members (excludes halogenated alkanes) is 1. The van der Waals surface area contributed by atoms with E-state index in [0.29, 0.717) is 17.8 Å². The Morgan fingerprint density at radius 2 is 1.96 bits per heavy atom. The van der Waals surface area contributed by atoms with E-state index >= 15 is 0 Å². The summed E-state index contributed by atoms with van der Waals surface area (Å²) in [5.41, 5.74) is 2.43. The number of rotatable bonds is 5. The van der Waals surface area contributed by atoms with Crippen LogP contribution < -0.4 is 5.32 Å². The zero-order valence-electron chi connectivity index (χ0n) is 15.3. The molecule has 0 saturated carbocycles. The molecule has 0 spiro atoms. The molecule has 1 heterocycles. The number of allylic oxidation sites excluding steroid dienone is 2. The van der Waals surface area contributed by atoms with E-state index in [1.807, 2.05) is 32.0 Å². The van der Waals surface area contributed by atoms with Gasteiger partial charge in [0, 0.05) is 11.3 Å². The Balaban J connectivity index is 2.33. The van der Waals surface area contributed by atoms with Gasteiger partial charge in [-0.3, -0.25) is 9.59 Å². The van der Waals surface area contributed by atoms with Gasteiger partial charge in [0.2, 0.25) is 0 Å². The molecular weight excluding hydrogens is 302 g/mol. The van der Waals surface area contributed by atoms with Crippen LogP contribution in [0.3, 0.4) is 0 Å².